The van der Waals surface area contributed by atoms with E-state index in [1.54, 1.807) is 18.2 Å². The fraction of sp³-hybridized carbons (Fsp3) is 0.625. The first-order valence-corrected chi connectivity index (χ1v) is 7.18. The molecule has 2 unspecified atom stereocenters. The van der Waals surface area contributed by atoms with Crippen LogP contribution >= 0.6 is 0 Å². The van der Waals surface area contributed by atoms with Crippen molar-refractivity contribution >= 4 is 0 Å². The van der Waals surface area contributed by atoms with Gasteiger partial charge in [-0.15, -0.1) is 0 Å². The predicted molar refractivity (Wildman–Crippen MR) is 74.0 cm³/mol. The molecular formula is C16H23NO. The van der Waals surface area contributed by atoms with Crippen LogP contribution in [0.5, 0.6) is 0 Å². The van der Waals surface area contributed by atoms with E-state index in [2.05, 4.69) is 29.6 Å². The molecule has 2 atom stereocenters. The van der Waals surface area contributed by atoms with Crippen LogP contribution < -0.4 is 5.32 Å². The summed E-state index contributed by atoms with van der Waals surface area (Å²) in [6.45, 7) is 2.94. The van der Waals surface area contributed by atoms with E-state index in [-0.39, 0.29) is 0 Å². The van der Waals surface area contributed by atoms with Crippen LogP contribution in [-0.4, -0.2) is 26.8 Å². The third-order valence-corrected chi connectivity index (χ3v) is 4.22. The van der Waals surface area contributed by atoms with E-state index in [0.29, 0.717) is 0 Å². The minimum absolute atomic E-state index is 0.816. The van der Waals surface area contributed by atoms with Crippen molar-refractivity contribution in [1.29, 1.82) is 0 Å². The van der Waals surface area contributed by atoms with Crippen molar-refractivity contribution in [3.05, 3.63) is 35.4 Å². The van der Waals surface area contributed by atoms with Gasteiger partial charge in [0.2, 0.25) is 0 Å². The molecule has 0 bridgehead atoms. The van der Waals surface area contributed by atoms with Crippen molar-refractivity contribution in [3.8, 4) is 0 Å². The number of methoxy groups -OCH3 is 1. The van der Waals surface area contributed by atoms with Crippen LogP contribution in [0.1, 0.15) is 42.2 Å². The molecule has 1 aromatic carbocycles. The molecule has 98 valence electrons. The van der Waals surface area contributed by atoms with Gasteiger partial charge in [0.05, 0.1) is 6.61 Å². The second-order valence-corrected chi connectivity index (χ2v) is 5.70. The quantitative estimate of drug-likeness (QED) is 0.746. The molecule has 2 saturated carbocycles. The summed E-state index contributed by atoms with van der Waals surface area (Å²) in [4.78, 5) is 0. The lowest BCUT2D eigenvalue weighted by Crippen LogP contribution is -2.21. The van der Waals surface area contributed by atoms with E-state index in [1.165, 1.54) is 19.3 Å². The van der Waals surface area contributed by atoms with Crippen LogP contribution in [0.15, 0.2) is 24.3 Å². The summed E-state index contributed by atoms with van der Waals surface area (Å²) in [7, 11) is 1.76. The highest BCUT2D eigenvalue weighted by Crippen LogP contribution is 2.52. The Morgan fingerprint density at radius 3 is 2.72 bits per heavy atom. The van der Waals surface area contributed by atoms with Crippen molar-refractivity contribution in [1.82, 2.24) is 5.32 Å². The molecule has 0 aliphatic heterocycles. The lowest BCUT2D eigenvalue weighted by Gasteiger charge is -2.08. The first-order valence-electron chi connectivity index (χ1n) is 7.18. The third kappa shape index (κ3) is 2.76. The highest BCUT2D eigenvalue weighted by molar-refractivity contribution is 5.39. The molecule has 0 amide bonds. The van der Waals surface area contributed by atoms with Gasteiger partial charge in [0, 0.05) is 13.7 Å². The first kappa shape index (κ1) is 12.2. The van der Waals surface area contributed by atoms with E-state index in [9.17, 15) is 0 Å². The molecule has 1 N–H and O–H groups in total. The van der Waals surface area contributed by atoms with Crippen LogP contribution in [0.3, 0.4) is 0 Å². The first-order chi connectivity index (χ1) is 8.90. The second kappa shape index (κ2) is 5.41. The van der Waals surface area contributed by atoms with Crippen molar-refractivity contribution in [3.63, 3.8) is 0 Å². The van der Waals surface area contributed by atoms with Crippen LogP contribution in [0, 0.1) is 5.92 Å². The lowest BCUT2D eigenvalue weighted by atomic mass is 9.98. The maximum atomic E-state index is 5.05. The molecule has 2 heteroatoms. The van der Waals surface area contributed by atoms with Gasteiger partial charge in [0.25, 0.3) is 0 Å². The lowest BCUT2D eigenvalue weighted by molar-refractivity contribution is 0.199. The smallest absolute Gasteiger partial charge is 0.0587 e. The zero-order valence-electron chi connectivity index (χ0n) is 11.2. The van der Waals surface area contributed by atoms with E-state index in [0.717, 1.165) is 37.5 Å². The summed E-state index contributed by atoms with van der Waals surface area (Å²) in [5.41, 5.74) is 3.28. The van der Waals surface area contributed by atoms with Gasteiger partial charge in [0.15, 0.2) is 0 Å². The molecule has 18 heavy (non-hydrogen) atoms. The topological polar surface area (TPSA) is 21.3 Å². The van der Waals surface area contributed by atoms with Crippen molar-refractivity contribution < 1.29 is 4.74 Å². The summed E-state index contributed by atoms with van der Waals surface area (Å²) in [5, 5.41) is 3.49. The molecule has 2 nitrogen and oxygen atoms in total. The Kier molecular flexibility index (Phi) is 3.67. The Bertz CT molecular complexity index is 400. The monoisotopic (exact) mass is 245 g/mol. The highest BCUT2D eigenvalue weighted by atomic mass is 16.5. The van der Waals surface area contributed by atoms with Gasteiger partial charge in [-0.3, -0.25) is 0 Å². The third-order valence-electron chi connectivity index (χ3n) is 4.22. The summed E-state index contributed by atoms with van der Waals surface area (Å²) < 4.78 is 5.05. The molecule has 0 heterocycles. The standard InChI is InChI=1S/C16H23NO/c1-18-9-8-17-11-13-10-16(13)15-5-3-2-4-14(15)12-6-7-12/h2-5,12-13,16-17H,6-11H2,1H3. The summed E-state index contributed by atoms with van der Waals surface area (Å²) in [5.74, 6) is 2.54. The van der Waals surface area contributed by atoms with Gasteiger partial charge in [0.1, 0.15) is 0 Å². The van der Waals surface area contributed by atoms with E-state index >= 15 is 0 Å². The normalized spacial score (nSPS) is 26.3. The average molecular weight is 245 g/mol. The maximum Gasteiger partial charge on any atom is 0.0587 e. The molecule has 0 saturated heterocycles. The molecule has 3 rings (SSSR count). The van der Waals surface area contributed by atoms with Crippen molar-refractivity contribution in [2.45, 2.75) is 31.1 Å². The number of hydrogen-bond donors (Lipinski definition) is 1. The Morgan fingerprint density at radius 2 is 2.00 bits per heavy atom. The van der Waals surface area contributed by atoms with Gasteiger partial charge in [-0.1, -0.05) is 24.3 Å². The van der Waals surface area contributed by atoms with Gasteiger partial charge in [-0.05, 0) is 54.7 Å². The van der Waals surface area contributed by atoms with Gasteiger partial charge in [-0.25, -0.2) is 0 Å². The zero-order valence-corrected chi connectivity index (χ0v) is 11.2. The zero-order chi connectivity index (χ0) is 12.4. The van der Waals surface area contributed by atoms with Gasteiger partial charge >= 0.3 is 0 Å². The second-order valence-electron chi connectivity index (χ2n) is 5.70. The molecule has 2 aliphatic carbocycles. The molecule has 2 fully saturated rings. The van der Waals surface area contributed by atoms with E-state index in [1.807, 2.05) is 0 Å². The minimum atomic E-state index is 0.816. The number of nitrogens with one attached hydrogen (secondary N) is 1. The SMILES string of the molecule is COCCNCC1CC1c1ccccc1C1CC1. The van der Waals surface area contributed by atoms with Crippen molar-refractivity contribution in [2.24, 2.45) is 5.92 Å². The summed E-state index contributed by atoms with van der Waals surface area (Å²) in [6.07, 6.45) is 4.17. The summed E-state index contributed by atoms with van der Waals surface area (Å²) >= 11 is 0. The minimum Gasteiger partial charge on any atom is -0.383 e. The van der Waals surface area contributed by atoms with Crippen LogP contribution in [0.25, 0.3) is 0 Å². The number of benzene rings is 1. The fourth-order valence-corrected chi connectivity index (χ4v) is 2.93. The molecule has 0 radical (unpaired) electrons. The molecule has 0 aromatic heterocycles. The molecule has 1 aromatic rings. The maximum absolute atomic E-state index is 5.05. The number of rotatable bonds is 7. The Labute approximate surface area is 110 Å². The highest BCUT2D eigenvalue weighted by Gasteiger charge is 2.40. The largest absolute Gasteiger partial charge is 0.383 e. The Balaban J connectivity index is 1.54. The molecule has 0 spiro atoms. The van der Waals surface area contributed by atoms with Crippen LogP contribution in [0.4, 0.5) is 0 Å². The Morgan fingerprint density at radius 1 is 1.22 bits per heavy atom. The Hall–Kier alpha value is -0.860. The fourth-order valence-electron chi connectivity index (χ4n) is 2.93. The average Bonchev–Trinajstić information content (AvgIpc) is 3.28. The van der Waals surface area contributed by atoms with E-state index < -0.39 is 0 Å². The van der Waals surface area contributed by atoms with Crippen molar-refractivity contribution in [2.75, 3.05) is 26.8 Å². The summed E-state index contributed by atoms with van der Waals surface area (Å²) in [6, 6.07) is 9.11. The van der Waals surface area contributed by atoms with E-state index in [4.69, 9.17) is 4.74 Å². The predicted octanol–water partition coefficient (Wildman–Crippen LogP) is 2.90. The molecular weight excluding hydrogens is 222 g/mol. The van der Waals surface area contributed by atoms with Crippen LogP contribution in [0.2, 0.25) is 0 Å². The number of hydrogen-bond acceptors (Lipinski definition) is 2. The van der Waals surface area contributed by atoms with Gasteiger partial charge in [-0.2, -0.15) is 0 Å². The van der Waals surface area contributed by atoms with Crippen LogP contribution in [-0.2, 0) is 4.74 Å². The molecule has 2 aliphatic rings. The van der Waals surface area contributed by atoms with Gasteiger partial charge < -0.3 is 10.1 Å². The number of ether oxygens (including phenoxy) is 1.